The van der Waals surface area contributed by atoms with Crippen LogP contribution in [0.15, 0.2) is 0 Å². The molecule has 2 saturated carbocycles. The van der Waals surface area contributed by atoms with E-state index >= 15 is 0 Å². The van der Waals surface area contributed by atoms with Crippen LogP contribution < -0.4 is 5.73 Å². The summed E-state index contributed by atoms with van der Waals surface area (Å²) >= 11 is 0. The Morgan fingerprint density at radius 3 is 2.11 bits per heavy atom. The number of hydrogen-bond donors (Lipinski definition) is 1. The van der Waals surface area contributed by atoms with E-state index in [1.807, 2.05) is 0 Å². The van der Waals surface area contributed by atoms with Gasteiger partial charge in [0, 0.05) is 6.04 Å². The number of hydrogen-bond acceptors (Lipinski definition) is 1. The minimum Gasteiger partial charge on any atom is -0.327 e. The second-order valence-electron chi connectivity index (χ2n) is 3.43. The van der Waals surface area contributed by atoms with Crippen LogP contribution in [0.5, 0.6) is 0 Å². The van der Waals surface area contributed by atoms with Crippen LogP contribution in [-0.2, 0) is 0 Å². The lowest BCUT2D eigenvalue weighted by Crippen LogP contribution is -2.34. The fourth-order valence-corrected chi connectivity index (χ4v) is 2.27. The summed E-state index contributed by atoms with van der Waals surface area (Å²) < 4.78 is 0. The van der Waals surface area contributed by atoms with Gasteiger partial charge >= 0.3 is 0 Å². The predicted molar refractivity (Wildman–Crippen MR) is 37.7 cm³/mol. The number of fused-ring (bicyclic) bond motifs is 2. The zero-order chi connectivity index (χ0) is 6.27. The maximum Gasteiger partial charge on any atom is 0.00958 e. The van der Waals surface area contributed by atoms with Crippen molar-refractivity contribution in [2.75, 3.05) is 0 Å². The van der Waals surface area contributed by atoms with Gasteiger partial charge in [-0.1, -0.05) is 0 Å². The number of nitrogens with two attached hydrogens (primary N) is 1. The SMILES string of the molecule is NC1C2C[CH]CC1CC2. The first-order valence-corrected chi connectivity index (χ1v) is 3.95. The molecule has 2 bridgehead atoms. The van der Waals surface area contributed by atoms with Crippen molar-refractivity contribution in [1.29, 1.82) is 0 Å². The Morgan fingerprint density at radius 1 is 1.11 bits per heavy atom. The highest BCUT2D eigenvalue weighted by Gasteiger charge is 2.35. The van der Waals surface area contributed by atoms with Crippen LogP contribution in [-0.4, -0.2) is 6.04 Å². The van der Waals surface area contributed by atoms with Crippen molar-refractivity contribution >= 4 is 0 Å². The molecule has 2 atom stereocenters. The Balaban J connectivity index is 2.10. The highest BCUT2D eigenvalue weighted by atomic mass is 14.7. The average Bonchev–Trinajstić information content (AvgIpc) is 2.19. The molecule has 2 aliphatic rings. The molecule has 0 aromatic rings. The molecule has 51 valence electrons. The van der Waals surface area contributed by atoms with Gasteiger partial charge in [0.05, 0.1) is 0 Å². The second-order valence-corrected chi connectivity index (χ2v) is 3.43. The van der Waals surface area contributed by atoms with Gasteiger partial charge in [-0.25, -0.2) is 0 Å². The highest BCUT2D eigenvalue weighted by Crippen LogP contribution is 2.40. The molecular formula is C8H14N. The summed E-state index contributed by atoms with van der Waals surface area (Å²) in [5, 5.41) is 0. The van der Waals surface area contributed by atoms with Gasteiger partial charge in [0.1, 0.15) is 0 Å². The molecule has 0 amide bonds. The molecule has 2 rings (SSSR count). The standard InChI is InChI=1S/C8H14N/c9-8-6-2-1-3-7(8)5-4-6/h1,6-8H,2-5,9H2. The molecule has 0 heterocycles. The van der Waals surface area contributed by atoms with E-state index in [-0.39, 0.29) is 0 Å². The van der Waals surface area contributed by atoms with Gasteiger partial charge in [0.2, 0.25) is 0 Å². The topological polar surface area (TPSA) is 26.0 Å². The maximum atomic E-state index is 5.96. The molecule has 9 heavy (non-hydrogen) atoms. The molecule has 0 aromatic carbocycles. The van der Waals surface area contributed by atoms with Crippen molar-refractivity contribution < 1.29 is 0 Å². The molecule has 2 aliphatic carbocycles. The Kier molecular flexibility index (Phi) is 1.26. The third kappa shape index (κ3) is 0.787. The summed E-state index contributed by atoms with van der Waals surface area (Å²) in [5.74, 6) is 1.70. The van der Waals surface area contributed by atoms with E-state index in [1.165, 1.54) is 25.7 Å². The third-order valence-electron chi connectivity index (χ3n) is 2.94. The first-order valence-electron chi connectivity index (χ1n) is 3.95. The molecule has 1 heteroatoms. The zero-order valence-corrected chi connectivity index (χ0v) is 5.72. The minimum atomic E-state index is 0.551. The molecule has 0 saturated heterocycles. The van der Waals surface area contributed by atoms with Gasteiger partial charge in [-0.3, -0.25) is 0 Å². The van der Waals surface area contributed by atoms with E-state index in [0.29, 0.717) is 6.04 Å². The van der Waals surface area contributed by atoms with Gasteiger partial charge in [-0.15, -0.1) is 0 Å². The first-order chi connectivity index (χ1) is 4.38. The fourth-order valence-electron chi connectivity index (χ4n) is 2.27. The second kappa shape index (κ2) is 1.98. The smallest absolute Gasteiger partial charge is 0.00958 e. The van der Waals surface area contributed by atoms with Crippen LogP contribution in [0.2, 0.25) is 0 Å². The summed E-state index contributed by atoms with van der Waals surface area (Å²) in [7, 11) is 0. The van der Waals surface area contributed by atoms with Crippen LogP contribution in [0.4, 0.5) is 0 Å². The quantitative estimate of drug-likeness (QED) is 0.518. The monoisotopic (exact) mass is 124 g/mol. The van der Waals surface area contributed by atoms with Crippen molar-refractivity contribution in [3.05, 3.63) is 6.42 Å². The Hall–Kier alpha value is -0.0400. The Morgan fingerprint density at radius 2 is 1.67 bits per heavy atom. The molecule has 0 aliphatic heterocycles. The molecule has 1 nitrogen and oxygen atoms in total. The molecular weight excluding hydrogens is 110 g/mol. The minimum absolute atomic E-state index is 0.551. The van der Waals surface area contributed by atoms with Crippen LogP contribution in [0.1, 0.15) is 25.7 Å². The third-order valence-corrected chi connectivity index (χ3v) is 2.94. The average molecular weight is 124 g/mol. The predicted octanol–water partition coefficient (Wildman–Crippen LogP) is 1.34. The lowest BCUT2D eigenvalue weighted by atomic mass is 9.85. The maximum absolute atomic E-state index is 5.96. The molecule has 0 aromatic heterocycles. The summed E-state index contributed by atoms with van der Waals surface area (Å²) in [6, 6.07) is 0.551. The summed E-state index contributed by atoms with van der Waals surface area (Å²) in [5.41, 5.74) is 5.96. The molecule has 2 unspecified atom stereocenters. The van der Waals surface area contributed by atoms with E-state index in [1.54, 1.807) is 0 Å². The van der Waals surface area contributed by atoms with E-state index < -0.39 is 0 Å². The van der Waals surface area contributed by atoms with E-state index in [0.717, 1.165) is 11.8 Å². The van der Waals surface area contributed by atoms with Crippen LogP contribution in [0.3, 0.4) is 0 Å². The Labute approximate surface area is 56.6 Å². The number of rotatable bonds is 0. The van der Waals surface area contributed by atoms with Gasteiger partial charge in [0.15, 0.2) is 0 Å². The summed E-state index contributed by atoms with van der Waals surface area (Å²) in [6.45, 7) is 0. The van der Waals surface area contributed by atoms with Crippen molar-refractivity contribution in [1.82, 2.24) is 0 Å². The lowest BCUT2D eigenvalue weighted by molar-refractivity contribution is 0.353. The normalized spacial score (nSPS) is 49.7. The van der Waals surface area contributed by atoms with Crippen molar-refractivity contribution in [3.63, 3.8) is 0 Å². The van der Waals surface area contributed by atoms with Gasteiger partial charge in [0.25, 0.3) is 0 Å². The summed E-state index contributed by atoms with van der Waals surface area (Å²) in [6.07, 6.45) is 7.78. The van der Waals surface area contributed by atoms with Crippen molar-refractivity contribution in [3.8, 4) is 0 Å². The highest BCUT2D eigenvalue weighted by molar-refractivity contribution is 4.97. The molecule has 2 fully saturated rings. The lowest BCUT2D eigenvalue weighted by Gasteiger charge is -2.25. The van der Waals surface area contributed by atoms with Gasteiger partial charge < -0.3 is 5.73 Å². The van der Waals surface area contributed by atoms with E-state index in [4.69, 9.17) is 5.73 Å². The van der Waals surface area contributed by atoms with Crippen molar-refractivity contribution in [2.45, 2.75) is 31.7 Å². The van der Waals surface area contributed by atoms with Crippen LogP contribution in [0, 0.1) is 18.3 Å². The molecule has 0 spiro atoms. The van der Waals surface area contributed by atoms with Crippen molar-refractivity contribution in [2.24, 2.45) is 17.6 Å². The van der Waals surface area contributed by atoms with Gasteiger partial charge in [-0.2, -0.15) is 0 Å². The van der Waals surface area contributed by atoms with E-state index in [2.05, 4.69) is 6.42 Å². The molecule has 2 N–H and O–H groups in total. The van der Waals surface area contributed by atoms with Gasteiger partial charge in [-0.05, 0) is 43.9 Å². The Bertz CT molecular complexity index is 95.1. The van der Waals surface area contributed by atoms with Crippen LogP contribution >= 0.6 is 0 Å². The zero-order valence-electron chi connectivity index (χ0n) is 5.72. The largest absolute Gasteiger partial charge is 0.327 e. The molecule has 1 radical (unpaired) electrons. The van der Waals surface area contributed by atoms with E-state index in [9.17, 15) is 0 Å². The summed E-state index contributed by atoms with van der Waals surface area (Å²) in [4.78, 5) is 0. The first kappa shape index (κ1) is 5.72. The van der Waals surface area contributed by atoms with Crippen LogP contribution in [0.25, 0.3) is 0 Å². The fraction of sp³-hybridized carbons (Fsp3) is 0.875.